The van der Waals surface area contributed by atoms with Gasteiger partial charge in [0.1, 0.15) is 6.33 Å². The summed E-state index contributed by atoms with van der Waals surface area (Å²) in [6, 6.07) is 5.82. The van der Waals surface area contributed by atoms with Crippen molar-refractivity contribution in [2.75, 3.05) is 7.05 Å². The number of hydrogen-bond donors (Lipinski definition) is 2. The highest BCUT2D eigenvalue weighted by Crippen LogP contribution is 2.29. The second kappa shape index (κ2) is 5.34. The molecule has 2 rings (SSSR count). The Bertz CT molecular complexity index is 458. The quantitative estimate of drug-likeness (QED) is 0.879. The number of aromatic nitrogens is 3. The second-order valence-corrected chi connectivity index (χ2v) is 4.64. The first kappa shape index (κ1) is 11.4. The number of halogens is 1. The molecule has 2 N–H and O–H groups in total. The molecule has 84 valence electrons. The average Bonchev–Trinajstić information content (AvgIpc) is 2.75. The van der Waals surface area contributed by atoms with Gasteiger partial charge in [-0.05, 0) is 30.8 Å². The molecule has 16 heavy (non-hydrogen) atoms. The molecule has 0 unspecified atom stereocenters. The minimum Gasteiger partial charge on any atom is -0.316 e. The van der Waals surface area contributed by atoms with Crippen LogP contribution in [0, 0.1) is 0 Å². The van der Waals surface area contributed by atoms with E-state index in [1.54, 1.807) is 11.8 Å². The molecule has 1 aromatic carbocycles. The van der Waals surface area contributed by atoms with E-state index in [2.05, 4.69) is 20.5 Å². The van der Waals surface area contributed by atoms with Gasteiger partial charge in [-0.1, -0.05) is 23.4 Å². The van der Waals surface area contributed by atoms with E-state index in [0.717, 1.165) is 27.2 Å². The summed E-state index contributed by atoms with van der Waals surface area (Å²) in [5.41, 5.74) is 1.15. The van der Waals surface area contributed by atoms with Gasteiger partial charge in [0.15, 0.2) is 5.16 Å². The van der Waals surface area contributed by atoms with Crippen LogP contribution in [0.3, 0.4) is 0 Å². The Morgan fingerprint density at radius 3 is 3.06 bits per heavy atom. The Labute approximate surface area is 103 Å². The number of aromatic amines is 1. The van der Waals surface area contributed by atoms with Crippen molar-refractivity contribution >= 4 is 23.4 Å². The summed E-state index contributed by atoms with van der Waals surface area (Å²) in [5, 5.41) is 11.3. The van der Waals surface area contributed by atoms with Gasteiger partial charge in [-0.15, -0.1) is 0 Å². The van der Waals surface area contributed by atoms with E-state index in [4.69, 9.17) is 11.6 Å². The molecular weight excluding hydrogens is 244 g/mol. The first-order chi connectivity index (χ1) is 7.79. The number of nitrogens with one attached hydrogen (secondary N) is 2. The van der Waals surface area contributed by atoms with Gasteiger partial charge in [-0.3, -0.25) is 5.10 Å². The molecule has 0 atom stereocenters. The molecule has 4 nitrogen and oxygen atoms in total. The topological polar surface area (TPSA) is 53.6 Å². The molecular formula is C10H11ClN4S. The third kappa shape index (κ3) is 2.75. The predicted molar refractivity (Wildman–Crippen MR) is 64.7 cm³/mol. The third-order valence-corrected chi connectivity index (χ3v) is 3.23. The van der Waals surface area contributed by atoms with Gasteiger partial charge >= 0.3 is 0 Å². The SMILES string of the molecule is CNCc1cc(Cl)ccc1Sc1ncn[nH]1. The summed E-state index contributed by atoms with van der Waals surface area (Å²) in [6.07, 6.45) is 1.50. The first-order valence-electron chi connectivity index (χ1n) is 4.76. The summed E-state index contributed by atoms with van der Waals surface area (Å²) in [7, 11) is 1.91. The summed E-state index contributed by atoms with van der Waals surface area (Å²) in [5.74, 6) is 0. The first-order valence-corrected chi connectivity index (χ1v) is 5.95. The zero-order valence-electron chi connectivity index (χ0n) is 8.70. The van der Waals surface area contributed by atoms with Gasteiger partial charge in [0.05, 0.1) is 0 Å². The molecule has 0 bridgehead atoms. The van der Waals surface area contributed by atoms with Gasteiger partial charge < -0.3 is 5.32 Å². The molecule has 0 spiro atoms. The van der Waals surface area contributed by atoms with Crippen LogP contribution in [-0.2, 0) is 6.54 Å². The van der Waals surface area contributed by atoms with Crippen LogP contribution in [0.2, 0.25) is 5.02 Å². The standard InChI is InChI=1S/C10H11ClN4S/c1-12-5-7-4-8(11)2-3-9(7)16-10-13-6-14-15-10/h2-4,6,12H,5H2,1H3,(H,13,14,15). The van der Waals surface area contributed by atoms with Gasteiger partial charge in [0.2, 0.25) is 0 Å². The van der Waals surface area contributed by atoms with Crippen LogP contribution in [0.25, 0.3) is 0 Å². The maximum Gasteiger partial charge on any atom is 0.188 e. The van der Waals surface area contributed by atoms with Crippen LogP contribution in [0.5, 0.6) is 0 Å². The Morgan fingerprint density at radius 1 is 1.50 bits per heavy atom. The smallest absolute Gasteiger partial charge is 0.188 e. The van der Waals surface area contributed by atoms with Crippen molar-refractivity contribution in [2.24, 2.45) is 0 Å². The van der Waals surface area contributed by atoms with Crippen molar-refractivity contribution in [1.82, 2.24) is 20.5 Å². The van der Waals surface area contributed by atoms with Crippen molar-refractivity contribution in [3.05, 3.63) is 35.1 Å². The van der Waals surface area contributed by atoms with E-state index >= 15 is 0 Å². The van der Waals surface area contributed by atoms with E-state index in [0.29, 0.717) is 0 Å². The monoisotopic (exact) mass is 254 g/mol. The van der Waals surface area contributed by atoms with Crippen molar-refractivity contribution < 1.29 is 0 Å². The van der Waals surface area contributed by atoms with Crippen LogP contribution in [0.15, 0.2) is 34.6 Å². The van der Waals surface area contributed by atoms with Crippen molar-refractivity contribution in [3.8, 4) is 0 Å². The fourth-order valence-electron chi connectivity index (χ4n) is 1.32. The van der Waals surface area contributed by atoms with Gasteiger partial charge in [0, 0.05) is 16.5 Å². The highest BCUT2D eigenvalue weighted by atomic mass is 35.5. The third-order valence-electron chi connectivity index (χ3n) is 1.99. The normalized spacial score (nSPS) is 10.6. The van der Waals surface area contributed by atoms with Gasteiger partial charge in [0.25, 0.3) is 0 Å². The summed E-state index contributed by atoms with van der Waals surface area (Å²) >= 11 is 7.50. The molecule has 0 aliphatic rings. The molecule has 1 aromatic heterocycles. The van der Waals surface area contributed by atoms with E-state index in [9.17, 15) is 0 Å². The fraction of sp³-hybridized carbons (Fsp3) is 0.200. The molecule has 0 aliphatic heterocycles. The minimum atomic E-state index is 0.743. The zero-order chi connectivity index (χ0) is 11.4. The Hall–Kier alpha value is -1.04. The molecule has 0 amide bonds. The number of rotatable bonds is 4. The second-order valence-electron chi connectivity index (χ2n) is 3.18. The summed E-state index contributed by atoms with van der Waals surface area (Å²) < 4.78 is 0. The van der Waals surface area contributed by atoms with Crippen molar-refractivity contribution in [3.63, 3.8) is 0 Å². The zero-order valence-corrected chi connectivity index (χ0v) is 10.3. The van der Waals surface area contributed by atoms with E-state index in [-0.39, 0.29) is 0 Å². The van der Waals surface area contributed by atoms with Gasteiger partial charge in [-0.2, -0.15) is 5.10 Å². The number of hydrogen-bond acceptors (Lipinski definition) is 4. The van der Waals surface area contributed by atoms with Crippen LogP contribution in [0.1, 0.15) is 5.56 Å². The molecule has 0 fully saturated rings. The Balaban J connectivity index is 2.25. The predicted octanol–water partition coefficient (Wildman–Crippen LogP) is 2.33. The fourth-order valence-corrected chi connectivity index (χ4v) is 2.32. The lowest BCUT2D eigenvalue weighted by Gasteiger charge is -2.07. The van der Waals surface area contributed by atoms with Crippen LogP contribution >= 0.6 is 23.4 Å². The molecule has 0 saturated heterocycles. The van der Waals surface area contributed by atoms with Gasteiger partial charge in [-0.25, -0.2) is 4.98 Å². The van der Waals surface area contributed by atoms with Crippen molar-refractivity contribution in [1.29, 1.82) is 0 Å². The number of benzene rings is 1. The van der Waals surface area contributed by atoms with E-state index in [1.807, 2.05) is 25.2 Å². The molecule has 0 saturated carbocycles. The van der Waals surface area contributed by atoms with E-state index < -0.39 is 0 Å². The lowest BCUT2D eigenvalue weighted by molar-refractivity contribution is 0.802. The highest BCUT2D eigenvalue weighted by Gasteiger charge is 2.06. The summed E-state index contributed by atoms with van der Waals surface area (Å²) in [6.45, 7) is 0.775. The highest BCUT2D eigenvalue weighted by molar-refractivity contribution is 7.99. The lowest BCUT2D eigenvalue weighted by atomic mass is 10.2. The molecule has 6 heteroatoms. The minimum absolute atomic E-state index is 0.743. The maximum absolute atomic E-state index is 5.96. The Kier molecular flexibility index (Phi) is 3.82. The molecule has 0 radical (unpaired) electrons. The molecule has 0 aliphatic carbocycles. The van der Waals surface area contributed by atoms with Crippen LogP contribution in [0.4, 0.5) is 0 Å². The summed E-state index contributed by atoms with van der Waals surface area (Å²) in [4.78, 5) is 5.20. The maximum atomic E-state index is 5.96. The van der Waals surface area contributed by atoms with E-state index in [1.165, 1.54) is 6.33 Å². The van der Waals surface area contributed by atoms with Crippen LogP contribution in [-0.4, -0.2) is 22.2 Å². The number of H-pyrrole nitrogens is 1. The van der Waals surface area contributed by atoms with Crippen molar-refractivity contribution in [2.45, 2.75) is 16.6 Å². The molecule has 1 heterocycles. The Morgan fingerprint density at radius 2 is 2.38 bits per heavy atom. The largest absolute Gasteiger partial charge is 0.316 e. The number of nitrogens with zero attached hydrogens (tertiary/aromatic N) is 2. The molecule has 2 aromatic rings. The average molecular weight is 255 g/mol. The lowest BCUT2D eigenvalue weighted by Crippen LogP contribution is -2.06. The van der Waals surface area contributed by atoms with Crippen LogP contribution < -0.4 is 5.32 Å².